The second-order valence-electron chi connectivity index (χ2n) is 8.64. The van der Waals surface area contributed by atoms with Gasteiger partial charge in [0.15, 0.2) is 18.9 Å². The molecule has 2 aromatic rings. The fraction of sp³-hybridized carbons (Fsp3) is 0.346. The SMILES string of the molecule is CCCCC(=O)Oc1ccc(CC(=O)NC2C(=O)N3C(C(=O)[O-])=C(C[n+]4ccccc4)CSC23)cc1. The fourth-order valence-corrected chi connectivity index (χ4v) is 5.48. The number of fused-ring (bicyclic) bond motifs is 1. The maximum absolute atomic E-state index is 12.8. The number of rotatable bonds is 10. The van der Waals surface area contributed by atoms with E-state index in [1.807, 2.05) is 42.1 Å². The molecule has 9 nitrogen and oxygen atoms in total. The minimum atomic E-state index is -1.40. The fourth-order valence-electron chi connectivity index (χ4n) is 4.14. The van der Waals surface area contributed by atoms with Crippen molar-refractivity contribution < 1.29 is 33.6 Å². The van der Waals surface area contributed by atoms with Gasteiger partial charge in [-0.2, -0.15) is 0 Å². The van der Waals surface area contributed by atoms with Gasteiger partial charge in [0.25, 0.3) is 5.91 Å². The predicted molar refractivity (Wildman–Crippen MR) is 129 cm³/mol. The molecular weight excluding hydrogens is 482 g/mol. The standard InChI is InChI=1S/C26H27N3O6S/c1-2-3-7-21(31)35-19-10-8-17(9-11-19)14-20(30)27-22-24(32)29-23(26(33)34)18(16-36-25(22)29)15-28-12-5-4-6-13-28/h4-6,8-13,22,25H,2-3,7,14-16H2,1H3,(H-,27,30,33,34). The summed E-state index contributed by atoms with van der Waals surface area (Å²) in [7, 11) is 0. The number of pyridine rings is 1. The Morgan fingerprint density at radius 1 is 1.17 bits per heavy atom. The number of nitrogens with one attached hydrogen (secondary N) is 1. The molecule has 0 spiro atoms. The lowest BCUT2D eigenvalue weighted by atomic mass is 10.0. The first-order valence-corrected chi connectivity index (χ1v) is 12.8. The molecule has 2 unspecified atom stereocenters. The van der Waals surface area contributed by atoms with Crippen molar-refractivity contribution >= 4 is 35.5 Å². The summed E-state index contributed by atoms with van der Waals surface area (Å²) in [4.78, 5) is 50.3. The second kappa shape index (κ2) is 11.4. The molecule has 0 aliphatic carbocycles. The summed E-state index contributed by atoms with van der Waals surface area (Å²) >= 11 is 1.41. The molecule has 4 rings (SSSR count). The van der Waals surface area contributed by atoms with Crippen LogP contribution in [0.4, 0.5) is 0 Å². The van der Waals surface area contributed by atoms with Gasteiger partial charge in [-0.15, -0.1) is 11.8 Å². The van der Waals surface area contributed by atoms with Gasteiger partial charge in [-0.25, -0.2) is 4.57 Å². The number of ether oxygens (including phenoxy) is 1. The van der Waals surface area contributed by atoms with Crippen LogP contribution in [0.5, 0.6) is 5.75 Å². The van der Waals surface area contributed by atoms with E-state index in [0.29, 0.717) is 35.6 Å². The van der Waals surface area contributed by atoms with E-state index in [4.69, 9.17) is 4.74 Å². The van der Waals surface area contributed by atoms with Gasteiger partial charge in [0.05, 0.1) is 18.1 Å². The largest absolute Gasteiger partial charge is 0.543 e. The Morgan fingerprint density at radius 2 is 1.89 bits per heavy atom. The molecule has 1 aromatic carbocycles. The number of esters is 1. The van der Waals surface area contributed by atoms with Crippen molar-refractivity contribution in [3.63, 3.8) is 0 Å². The van der Waals surface area contributed by atoms with Crippen molar-refractivity contribution in [2.45, 2.75) is 50.6 Å². The van der Waals surface area contributed by atoms with Crippen LogP contribution < -0.4 is 19.7 Å². The molecule has 1 saturated heterocycles. The number of unbranched alkanes of at least 4 members (excludes halogenated alkanes) is 1. The number of carbonyl (C=O) groups is 4. The van der Waals surface area contributed by atoms with Crippen molar-refractivity contribution in [3.05, 3.63) is 71.7 Å². The topological polar surface area (TPSA) is 120 Å². The summed E-state index contributed by atoms with van der Waals surface area (Å²) in [5.74, 6) is -1.70. The lowest BCUT2D eigenvalue weighted by Crippen LogP contribution is -2.71. The Labute approximate surface area is 213 Å². The summed E-state index contributed by atoms with van der Waals surface area (Å²) in [6.45, 7) is 2.32. The second-order valence-corrected chi connectivity index (χ2v) is 9.75. The van der Waals surface area contributed by atoms with E-state index in [-0.39, 0.29) is 24.0 Å². The average molecular weight is 510 g/mol. The first kappa shape index (κ1) is 25.4. The van der Waals surface area contributed by atoms with Crippen LogP contribution in [0.2, 0.25) is 0 Å². The number of nitrogens with zero attached hydrogens (tertiary/aromatic N) is 2. The molecule has 2 atom stereocenters. The Morgan fingerprint density at radius 3 is 2.56 bits per heavy atom. The zero-order valence-corrected chi connectivity index (χ0v) is 20.7. The molecule has 1 fully saturated rings. The van der Waals surface area contributed by atoms with Crippen LogP contribution in [0.1, 0.15) is 31.7 Å². The number of amides is 2. The first-order chi connectivity index (χ1) is 17.4. The van der Waals surface area contributed by atoms with E-state index in [1.54, 1.807) is 24.3 Å². The van der Waals surface area contributed by atoms with Gasteiger partial charge in [0, 0.05) is 29.9 Å². The Bertz CT molecular complexity index is 1180. The van der Waals surface area contributed by atoms with Crippen LogP contribution in [0.25, 0.3) is 0 Å². The molecule has 2 aliphatic rings. The number of aromatic nitrogens is 1. The van der Waals surface area contributed by atoms with Crippen molar-refractivity contribution in [3.8, 4) is 5.75 Å². The van der Waals surface area contributed by atoms with Crippen LogP contribution in [0.3, 0.4) is 0 Å². The number of β-lactam (4-membered cyclic amide) rings is 1. The van der Waals surface area contributed by atoms with Crippen LogP contribution in [-0.2, 0) is 32.1 Å². The quantitative estimate of drug-likeness (QED) is 0.217. The van der Waals surface area contributed by atoms with Crippen molar-refractivity contribution in [1.29, 1.82) is 0 Å². The van der Waals surface area contributed by atoms with E-state index in [0.717, 1.165) is 12.8 Å². The third kappa shape index (κ3) is 5.76. The number of carboxylic acid groups (broad SMARTS) is 1. The highest BCUT2D eigenvalue weighted by molar-refractivity contribution is 8.00. The zero-order chi connectivity index (χ0) is 25.7. The minimum absolute atomic E-state index is 0.0321. The molecule has 36 heavy (non-hydrogen) atoms. The highest BCUT2D eigenvalue weighted by Crippen LogP contribution is 2.40. The Hall–Kier alpha value is -3.66. The Balaban J connectivity index is 1.35. The highest BCUT2D eigenvalue weighted by Gasteiger charge is 2.53. The summed E-state index contributed by atoms with van der Waals surface area (Å²) in [5, 5.41) is 14.1. The number of carbonyl (C=O) groups excluding carboxylic acids is 4. The van der Waals surface area contributed by atoms with Crippen molar-refractivity contribution in [2.24, 2.45) is 0 Å². The maximum Gasteiger partial charge on any atom is 0.311 e. The molecule has 0 radical (unpaired) electrons. The van der Waals surface area contributed by atoms with E-state index in [2.05, 4.69) is 5.32 Å². The lowest BCUT2D eigenvalue weighted by Gasteiger charge is -2.50. The molecule has 1 N–H and O–H groups in total. The number of carboxylic acids is 1. The summed E-state index contributed by atoms with van der Waals surface area (Å²) in [5.41, 5.74) is 1.16. The van der Waals surface area contributed by atoms with Crippen LogP contribution in [0.15, 0.2) is 66.1 Å². The molecular formula is C26H27N3O6S. The van der Waals surface area contributed by atoms with Crippen molar-refractivity contribution in [2.75, 3.05) is 5.75 Å². The predicted octanol–water partition coefficient (Wildman–Crippen LogP) is 0.716. The smallest absolute Gasteiger partial charge is 0.311 e. The lowest BCUT2D eigenvalue weighted by molar-refractivity contribution is -0.689. The molecule has 0 bridgehead atoms. The van der Waals surface area contributed by atoms with Gasteiger partial charge in [0.2, 0.25) is 5.91 Å². The average Bonchev–Trinajstić information content (AvgIpc) is 2.87. The van der Waals surface area contributed by atoms with Gasteiger partial charge in [-0.05, 0) is 24.1 Å². The minimum Gasteiger partial charge on any atom is -0.543 e. The molecule has 0 saturated carbocycles. The summed E-state index contributed by atoms with van der Waals surface area (Å²) < 4.78 is 7.10. The number of aliphatic carboxylic acids is 1. The summed E-state index contributed by atoms with van der Waals surface area (Å²) in [6.07, 6.45) is 5.70. The van der Waals surface area contributed by atoms with Gasteiger partial charge >= 0.3 is 5.97 Å². The maximum atomic E-state index is 12.8. The van der Waals surface area contributed by atoms with Gasteiger partial charge in [-0.3, -0.25) is 19.3 Å². The molecule has 1 aromatic heterocycles. The highest BCUT2D eigenvalue weighted by atomic mass is 32.2. The van der Waals surface area contributed by atoms with Crippen LogP contribution >= 0.6 is 11.8 Å². The van der Waals surface area contributed by atoms with Crippen LogP contribution in [0, 0.1) is 0 Å². The Kier molecular flexibility index (Phi) is 8.04. The van der Waals surface area contributed by atoms with Crippen LogP contribution in [-0.4, -0.2) is 45.8 Å². The number of hydrogen-bond donors (Lipinski definition) is 1. The number of benzene rings is 1. The molecule has 188 valence electrons. The normalized spacial score (nSPS) is 18.8. The monoisotopic (exact) mass is 509 g/mol. The zero-order valence-electron chi connectivity index (χ0n) is 19.8. The molecule has 10 heteroatoms. The van der Waals surface area contributed by atoms with Gasteiger partial charge in [0.1, 0.15) is 17.2 Å². The third-order valence-electron chi connectivity index (χ3n) is 5.96. The van der Waals surface area contributed by atoms with E-state index in [9.17, 15) is 24.3 Å². The van der Waals surface area contributed by atoms with Gasteiger partial charge < -0.3 is 20.0 Å². The first-order valence-electron chi connectivity index (χ1n) is 11.8. The number of thioether (sulfide) groups is 1. The molecule has 2 amide bonds. The van der Waals surface area contributed by atoms with E-state index < -0.39 is 23.3 Å². The number of hydrogen-bond acceptors (Lipinski definition) is 7. The third-order valence-corrected chi connectivity index (χ3v) is 7.30. The van der Waals surface area contributed by atoms with Gasteiger partial charge in [-0.1, -0.05) is 31.5 Å². The van der Waals surface area contributed by atoms with Crippen molar-refractivity contribution in [1.82, 2.24) is 10.2 Å². The summed E-state index contributed by atoms with van der Waals surface area (Å²) in [6, 6.07) is 11.4. The van der Waals surface area contributed by atoms with E-state index in [1.165, 1.54) is 16.7 Å². The molecule has 3 heterocycles. The van der Waals surface area contributed by atoms with E-state index >= 15 is 0 Å². The molecule has 2 aliphatic heterocycles.